The molecule has 0 aliphatic carbocycles. The Labute approximate surface area is 368 Å². The van der Waals surface area contributed by atoms with Gasteiger partial charge in [-0.2, -0.15) is 0 Å². The smallest absolute Gasteiger partial charge is 0.0619 e. The summed E-state index contributed by atoms with van der Waals surface area (Å²) in [5.41, 5.74) is 11.8. The molecule has 294 valence electrons. The molecule has 11 aromatic carbocycles. The fourth-order valence-electron chi connectivity index (χ4n) is 9.96. The van der Waals surface area contributed by atoms with Crippen molar-refractivity contribution in [3.63, 3.8) is 0 Å². The predicted octanol–water partition coefficient (Wildman–Crippen LogP) is 17.4. The molecule has 0 saturated heterocycles. The van der Waals surface area contributed by atoms with Gasteiger partial charge in [-0.1, -0.05) is 170 Å². The van der Waals surface area contributed by atoms with Crippen LogP contribution in [0, 0.1) is 0 Å². The molecule has 2 heterocycles. The minimum absolute atomic E-state index is 1.10. The Morgan fingerprint density at radius 2 is 0.905 bits per heavy atom. The highest BCUT2D eigenvalue weighted by atomic mass is 32.1. The number of hydrogen-bond acceptors (Lipinski definition) is 2. The Kier molecular flexibility index (Phi) is 8.12. The van der Waals surface area contributed by atoms with Crippen LogP contribution in [-0.2, 0) is 0 Å². The van der Waals surface area contributed by atoms with Gasteiger partial charge in [0, 0.05) is 59.1 Å². The molecule has 0 spiro atoms. The topological polar surface area (TPSA) is 8.17 Å². The largest absolute Gasteiger partial charge is 0.310 e. The molecule has 13 aromatic rings. The Morgan fingerprint density at radius 1 is 0.333 bits per heavy atom. The van der Waals surface area contributed by atoms with Crippen LogP contribution in [0.3, 0.4) is 0 Å². The van der Waals surface area contributed by atoms with Crippen molar-refractivity contribution in [2.45, 2.75) is 0 Å². The summed E-state index contributed by atoms with van der Waals surface area (Å²) in [4.78, 5) is 2.39. The van der Waals surface area contributed by atoms with Gasteiger partial charge in [-0.05, 0) is 110 Å². The van der Waals surface area contributed by atoms with Crippen molar-refractivity contribution in [1.82, 2.24) is 4.57 Å². The summed E-state index contributed by atoms with van der Waals surface area (Å²) in [6.45, 7) is 0. The number of rotatable bonds is 6. The number of anilines is 3. The first kappa shape index (κ1) is 35.7. The van der Waals surface area contributed by atoms with Crippen LogP contribution in [-0.4, -0.2) is 4.57 Å². The van der Waals surface area contributed by atoms with Crippen molar-refractivity contribution in [2.75, 3.05) is 4.90 Å². The highest BCUT2D eigenvalue weighted by molar-refractivity contribution is 7.26. The fraction of sp³-hybridized carbons (Fsp3) is 0. The number of para-hydroxylation sites is 1. The Hall–Kier alpha value is -7.98. The number of benzene rings is 11. The van der Waals surface area contributed by atoms with Gasteiger partial charge in [-0.15, -0.1) is 11.3 Å². The zero-order valence-corrected chi connectivity index (χ0v) is 35.1. The van der Waals surface area contributed by atoms with Crippen molar-refractivity contribution in [3.8, 4) is 27.9 Å². The summed E-state index contributed by atoms with van der Waals surface area (Å²) in [5, 5.41) is 12.7. The highest BCUT2D eigenvalue weighted by Gasteiger charge is 2.18. The van der Waals surface area contributed by atoms with Crippen molar-refractivity contribution in [1.29, 1.82) is 0 Å². The summed E-state index contributed by atoms with van der Waals surface area (Å²) in [7, 11) is 0. The quantitative estimate of drug-likeness (QED) is 0.152. The number of aromatic nitrogens is 1. The predicted molar refractivity (Wildman–Crippen MR) is 272 cm³/mol. The summed E-state index contributed by atoms with van der Waals surface area (Å²) in [5.74, 6) is 0. The standard InChI is InChI=1S/C60H38N2S/c1-2-13-45(14-3-1)62-57-38-43(28-34-53(57)55-35-27-41-12-5-7-16-51(41)59(55)62)39-23-29-46(30-24-39)61(48-33-36-50-44(37-48)22-21-40-11-4-6-15-49(40)50)47-31-25-42(26-32-47)52-18-10-19-56-54-17-8-9-20-58(54)63-60(52)56/h1-38H. The maximum atomic E-state index is 2.44. The third-order valence-electron chi connectivity index (χ3n) is 13.0. The highest BCUT2D eigenvalue weighted by Crippen LogP contribution is 2.43. The summed E-state index contributed by atoms with van der Waals surface area (Å²) in [6.07, 6.45) is 0. The Morgan fingerprint density at radius 3 is 1.71 bits per heavy atom. The Balaban J connectivity index is 0.935. The van der Waals surface area contributed by atoms with E-state index in [-0.39, 0.29) is 0 Å². The fourth-order valence-corrected chi connectivity index (χ4v) is 11.2. The van der Waals surface area contributed by atoms with E-state index in [1.54, 1.807) is 0 Å². The molecule has 0 aliphatic rings. The zero-order valence-electron chi connectivity index (χ0n) is 34.2. The number of nitrogens with zero attached hydrogens (tertiary/aromatic N) is 2. The van der Waals surface area contributed by atoms with Crippen LogP contribution in [0.4, 0.5) is 17.1 Å². The average Bonchev–Trinajstić information content (AvgIpc) is 3.91. The van der Waals surface area contributed by atoms with Crippen LogP contribution in [0.25, 0.3) is 102 Å². The van der Waals surface area contributed by atoms with Crippen LogP contribution in [0.2, 0.25) is 0 Å². The minimum Gasteiger partial charge on any atom is -0.310 e. The monoisotopic (exact) mass is 818 g/mol. The summed E-state index contributed by atoms with van der Waals surface area (Å²) in [6, 6.07) is 84.7. The first-order chi connectivity index (χ1) is 31.2. The van der Waals surface area contributed by atoms with Crippen molar-refractivity contribution >= 4 is 103 Å². The second-order valence-corrected chi connectivity index (χ2v) is 17.5. The van der Waals surface area contributed by atoms with Crippen LogP contribution in [0.5, 0.6) is 0 Å². The van der Waals surface area contributed by atoms with Crippen molar-refractivity contribution in [3.05, 3.63) is 231 Å². The van der Waals surface area contributed by atoms with Crippen molar-refractivity contribution < 1.29 is 0 Å². The SMILES string of the molecule is c1ccc(-n2c3cc(-c4ccc(N(c5ccc(-c6cccc7c6sc6ccccc67)cc5)c5ccc6c(ccc7ccccc76)c5)cc4)ccc3c3ccc4ccccc4c32)cc1. The van der Waals surface area contributed by atoms with E-state index in [0.717, 1.165) is 22.7 Å². The summed E-state index contributed by atoms with van der Waals surface area (Å²) >= 11 is 1.88. The maximum absolute atomic E-state index is 2.44. The lowest BCUT2D eigenvalue weighted by atomic mass is 10.00. The van der Waals surface area contributed by atoms with Crippen LogP contribution in [0.15, 0.2) is 231 Å². The maximum Gasteiger partial charge on any atom is 0.0619 e. The van der Waals surface area contributed by atoms with Gasteiger partial charge >= 0.3 is 0 Å². The molecule has 2 aromatic heterocycles. The zero-order chi connectivity index (χ0) is 41.4. The van der Waals surface area contributed by atoms with E-state index in [9.17, 15) is 0 Å². The van der Waals surface area contributed by atoms with Gasteiger partial charge < -0.3 is 9.47 Å². The lowest BCUT2D eigenvalue weighted by Gasteiger charge is -2.26. The molecule has 0 radical (unpaired) electrons. The Bertz CT molecular complexity index is 3900. The van der Waals surface area contributed by atoms with E-state index in [4.69, 9.17) is 0 Å². The van der Waals surface area contributed by atoms with Gasteiger partial charge in [-0.3, -0.25) is 0 Å². The van der Waals surface area contributed by atoms with Crippen molar-refractivity contribution in [2.24, 2.45) is 0 Å². The van der Waals surface area contributed by atoms with Crippen LogP contribution >= 0.6 is 11.3 Å². The lowest BCUT2D eigenvalue weighted by Crippen LogP contribution is -2.09. The first-order valence-electron chi connectivity index (χ1n) is 21.6. The molecular formula is C60H38N2S. The molecule has 0 amide bonds. The van der Waals surface area contributed by atoms with Gasteiger partial charge in [0.2, 0.25) is 0 Å². The third kappa shape index (κ3) is 5.78. The molecular weight excluding hydrogens is 781 g/mol. The van der Waals surface area contributed by atoms with E-state index in [1.165, 1.54) is 96.5 Å². The van der Waals surface area contributed by atoms with E-state index >= 15 is 0 Å². The van der Waals surface area contributed by atoms with Crippen LogP contribution in [0.1, 0.15) is 0 Å². The molecule has 0 saturated carbocycles. The van der Waals surface area contributed by atoms with Gasteiger partial charge in [-0.25, -0.2) is 0 Å². The third-order valence-corrected chi connectivity index (χ3v) is 14.2. The normalized spacial score (nSPS) is 11.8. The number of hydrogen-bond donors (Lipinski definition) is 0. The van der Waals surface area contributed by atoms with E-state index < -0.39 is 0 Å². The van der Waals surface area contributed by atoms with Gasteiger partial charge in [0.25, 0.3) is 0 Å². The molecule has 0 bridgehead atoms. The summed E-state index contributed by atoms with van der Waals surface area (Å²) < 4.78 is 5.10. The molecule has 13 rings (SSSR count). The molecule has 0 aliphatic heterocycles. The minimum atomic E-state index is 1.10. The molecule has 2 nitrogen and oxygen atoms in total. The molecule has 0 fully saturated rings. The van der Waals surface area contributed by atoms with Gasteiger partial charge in [0.15, 0.2) is 0 Å². The molecule has 0 unspecified atom stereocenters. The first-order valence-corrected chi connectivity index (χ1v) is 22.4. The van der Waals surface area contributed by atoms with E-state index in [0.29, 0.717) is 0 Å². The average molecular weight is 819 g/mol. The van der Waals surface area contributed by atoms with Crippen LogP contribution < -0.4 is 4.90 Å². The second-order valence-electron chi connectivity index (χ2n) is 16.5. The van der Waals surface area contributed by atoms with Gasteiger partial charge in [0.05, 0.1) is 11.0 Å². The van der Waals surface area contributed by atoms with E-state index in [1.807, 2.05) is 11.3 Å². The number of fused-ring (bicyclic) bond motifs is 11. The number of thiophene rings is 1. The lowest BCUT2D eigenvalue weighted by molar-refractivity contribution is 1.19. The van der Waals surface area contributed by atoms with Gasteiger partial charge in [0.1, 0.15) is 0 Å². The molecule has 0 atom stereocenters. The second kappa shape index (κ2) is 14.3. The molecule has 63 heavy (non-hydrogen) atoms. The molecule has 0 N–H and O–H groups in total. The van der Waals surface area contributed by atoms with E-state index in [2.05, 4.69) is 240 Å². The molecule has 3 heteroatoms.